The average Bonchev–Trinajstić information content (AvgIpc) is 2.63. The van der Waals surface area contributed by atoms with Gasteiger partial charge in [0.1, 0.15) is 0 Å². The van der Waals surface area contributed by atoms with Crippen LogP contribution in [0.5, 0.6) is 0 Å². The second-order valence-electron chi connectivity index (χ2n) is 5.31. The zero-order valence-corrected chi connectivity index (χ0v) is 14.7. The van der Waals surface area contributed by atoms with Gasteiger partial charge < -0.3 is 0 Å². The summed E-state index contributed by atoms with van der Waals surface area (Å²) in [4.78, 5) is 2.78. The number of hydrogen-bond donors (Lipinski definition) is 0. The second-order valence-corrected chi connectivity index (χ2v) is 7.46. The molecule has 0 amide bonds. The van der Waals surface area contributed by atoms with Crippen LogP contribution in [0, 0.1) is 0 Å². The van der Waals surface area contributed by atoms with Gasteiger partial charge in [-0.1, -0.05) is 72.8 Å². The lowest BCUT2D eigenvalue weighted by atomic mass is 10.2. The molecule has 0 nitrogen and oxygen atoms in total. The Labute approximate surface area is 147 Å². The largest absolute Gasteiger partial charge is 0.125 e. The normalized spacial score (nSPS) is 10.6. The summed E-state index contributed by atoms with van der Waals surface area (Å²) in [7, 11) is 0. The third kappa shape index (κ3) is 5.19. The monoisotopic (exact) mass is 336 g/mol. The summed E-state index contributed by atoms with van der Waals surface area (Å²) in [5.41, 5.74) is 2.79. The lowest BCUT2D eigenvalue weighted by Gasteiger charge is -2.09. The van der Waals surface area contributed by atoms with Gasteiger partial charge in [-0.3, -0.25) is 0 Å². The molecule has 3 aromatic carbocycles. The Morgan fingerprint density at radius 1 is 0.522 bits per heavy atom. The molecule has 0 bridgehead atoms. The number of rotatable bonds is 7. The van der Waals surface area contributed by atoms with E-state index in [2.05, 4.69) is 84.9 Å². The van der Waals surface area contributed by atoms with E-state index in [-0.39, 0.29) is 0 Å². The molecule has 0 aliphatic rings. The summed E-state index contributed by atoms with van der Waals surface area (Å²) < 4.78 is 0. The predicted octanol–water partition coefficient (Wildman–Crippen LogP) is 6.31. The first-order valence-electron chi connectivity index (χ1n) is 7.84. The Bertz CT molecular complexity index is 708. The van der Waals surface area contributed by atoms with Crippen molar-refractivity contribution in [3.8, 4) is 0 Å². The van der Waals surface area contributed by atoms with E-state index in [0.29, 0.717) is 0 Å². The topological polar surface area (TPSA) is 0 Å². The highest BCUT2D eigenvalue weighted by Crippen LogP contribution is 2.33. The molecule has 0 aliphatic heterocycles. The Hall–Kier alpha value is -1.64. The minimum absolute atomic E-state index is 1.02. The van der Waals surface area contributed by atoms with Crippen molar-refractivity contribution in [2.75, 3.05) is 5.75 Å². The maximum Gasteiger partial charge on any atom is 0.0232 e. The molecule has 23 heavy (non-hydrogen) atoms. The summed E-state index contributed by atoms with van der Waals surface area (Å²) in [6.45, 7) is 0. The molecular formula is C21H20S2. The molecule has 0 atom stereocenters. The van der Waals surface area contributed by atoms with Crippen LogP contribution in [0.3, 0.4) is 0 Å². The quantitative estimate of drug-likeness (QED) is 0.463. The first kappa shape index (κ1) is 16.2. The molecule has 0 fully saturated rings. The smallest absolute Gasteiger partial charge is 0.0232 e. The van der Waals surface area contributed by atoms with E-state index in [0.717, 1.165) is 17.9 Å². The van der Waals surface area contributed by atoms with Gasteiger partial charge in [-0.05, 0) is 29.7 Å². The summed E-state index contributed by atoms with van der Waals surface area (Å²) in [5.74, 6) is 2.14. The molecule has 3 aromatic rings. The van der Waals surface area contributed by atoms with Crippen molar-refractivity contribution in [1.29, 1.82) is 0 Å². The highest BCUT2D eigenvalue weighted by atomic mass is 32.2. The van der Waals surface area contributed by atoms with Crippen LogP contribution in [0.15, 0.2) is 94.7 Å². The van der Waals surface area contributed by atoms with Crippen LogP contribution in [-0.2, 0) is 12.2 Å². The highest BCUT2D eigenvalue weighted by molar-refractivity contribution is 8.02. The zero-order chi connectivity index (χ0) is 15.7. The molecule has 0 unspecified atom stereocenters. The molecule has 3 rings (SSSR count). The van der Waals surface area contributed by atoms with E-state index < -0.39 is 0 Å². The first-order chi connectivity index (χ1) is 11.4. The molecule has 2 heteroatoms. The number of aryl methyl sites for hydroxylation is 1. The van der Waals surface area contributed by atoms with Gasteiger partial charge in [0, 0.05) is 21.3 Å². The molecule has 0 spiro atoms. The van der Waals surface area contributed by atoms with Gasteiger partial charge >= 0.3 is 0 Å². The molecule has 116 valence electrons. The van der Waals surface area contributed by atoms with Gasteiger partial charge in [-0.25, -0.2) is 0 Å². The molecule has 0 N–H and O–H groups in total. The minimum Gasteiger partial charge on any atom is -0.125 e. The van der Waals surface area contributed by atoms with Crippen molar-refractivity contribution < 1.29 is 0 Å². The number of benzene rings is 3. The van der Waals surface area contributed by atoms with E-state index in [1.54, 1.807) is 0 Å². The van der Waals surface area contributed by atoms with Crippen molar-refractivity contribution in [2.24, 2.45) is 0 Å². The van der Waals surface area contributed by atoms with Crippen LogP contribution >= 0.6 is 23.5 Å². The summed E-state index contributed by atoms with van der Waals surface area (Å²) in [5, 5.41) is 0. The van der Waals surface area contributed by atoms with Gasteiger partial charge in [-0.2, -0.15) is 0 Å². The van der Waals surface area contributed by atoms with Gasteiger partial charge in [0.25, 0.3) is 0 Å². The Morgan fingerprint density at radius 3 is 1.70 bits per heavy atom. The molecule has 0 aromatic heterocycles. The lowest BCUT2D eigenvalue weighted by molar-refractivity contribution is 1.14. The molecule has 0 saturated heterocycles. The number of hydrogen-bond acceptors (Lipinski definition) is 2. The number of thioether (sulfide) groups is 2. The summed E-state index contributed by atoms with van der Waals surface area (Å²) >= 11 is 3.88. The highest BCUT2D eigenvalue weighted by Gasteiger charge is 2.04. The van der Waals surface area contributed by atoms with Crippen molar-refractivity contribution in [2.45, 2.75) is 22.0 Å². The molecule has 0 saturated carbocycles. The molecular weight excluding hydrogens is 316 g/mol. The van der Waals surface area contributed by atoms with Crippen LogP contribution in [0.1, 0.15) is 11.1 Å². The fraction of sp³-hybridized carbons (Fsp3) is 0.143. The SMILES string of the molecule is c1ccc(CCSc2ccccc2SCc2ccccc2)cc1. The predicted molar refractivity (Wildman–Crippen MR) is 103 cm³/mol. The fourth-order valence-corrected chi connectivity index (χ4v) is 4.54. The van der Waals surface area contributed by atoms with Gasteiger partial charge in [0.2, 0.25) is 0 Å². The van der Waals surface area contributed by atoms with Crippen LogP contribution in [0.4, 0.5) is 0 Å². The maximum absolute atomic E-state index is 2.24. The zero-order valence-electron chi connectivity index (χ0n) is 13.0. The van der Waals surface area contributed by atoms with E-state index >= 15 is 0 Å². The van der Waals surface area contributed by atoms with Crippen LogP contribution in [0.2, 0.25) is 0 Å². The van der Waals surface area contributed by atoms with E-state index in [1.165, 1.54) is 20.9 Å². The van der Waals surface area contributed by atoms with Crippen molar-refractivity contribution in [3.05, 3.63) is 96.1 Å². The first-order valence-corrected chi connectivity index (χ1v) is 9.81. The summed E-state index contributed by atoms with van der Waals surface area (Å²) in [6, 6.07) is 30.1. The Balaban J connectivity index is 1.57. The van der Waals surface area contributed by atoms with Crippen molar-refractivity contribution in [1.82, 2.24) is 0 Å². The van der Waals surface area contributed by atoms with Crippen molar-refractivity contribution >= 4 is 23.5 Å². The molecule has 0 heterocycles. The maximum atomic E-state index is 2.24. The van der Waals surface area contributed by atoms with Gasteiger partial charge in [-0.15, -0.1) is 23.5 Å². The standard InChI is InChI=1S/C21H20S2/c1-3-9-18(10-4-1)15-16-22-20-13-7-8-14-21(20)23-17-19-11-5-2-6-12-19/h1-14H,15-17H2. The second kappa shape index (κ2) is 8.85. The van der Waals surface area contributed by atoms with Gasteiger partial charge in [0.05, 0.1) is 0 Å². The minimum atomic E-state index is 1.02. The fourth-order valence-electron chi connectivity index (χ4n) is 2.35. The van der Waals surface area contributed by atoms with Crippen LogP contribution in [-0.4, -0.2) is 5.75 Å². The Morgan fingerprint density at radius 2 is 1.04 bits per heavy atom. The Kier molecular flexibility index (Phi) is 6.25. The van der Waals surface area contributed by atoms with E-state index in [1.807, 2.05) is 23.5 Å². The summed E-state index contributed by atoms with van der Waals surface area (Å²) in [6.07, 6.45) is 1.11. The van der Waals surface area contributed by atoms with E-state index in [9.17, 15) is 0 Å². The third-order valence-corrected chi connectivity index (χ3v) is 5.93. The van der Waals surface area contributed by atoms with Crippen LogP contribution in [0.25, 0.3) is 0 Å². The van der Waals surface area contributed by atoms with Crippen molar-refractivity contribution in [3.63, 3.8) is 0 Å². The lowest BCUT2D eigenvalue weighted by Crippen LogP contribution is -1.89. The van der Waals surface area contributed by atoms with Crippen LogP contribution < -0.4 is 0 Å². The third-order valence-electron chi connectivity index (χ3n) is 3.58. The average molecular weight is 337 g/mol. The molecule has 0 radical (unpaired) electrons. The molecule has 0 aliphatic carbocycles. The van der Waals surface area contributed by atoms with Gasteiger partial charge in [0.15, 0.2) is 0 Å². The van der Waals surface area contributed by atoms with E-state index in [4.69, 9.17) is 0 Å².